The summed E-state index contributed by atoms with van der Waals surface area (Å²) < 4.78 is 0. The molecule has 0 saturated carbocycles. The minimum Gasteiger partial charge on any atom is -0.480 e. The molecule has 2 unspecified atom stereocenters. The van der Waals surface area contributed by atoms with Crippen molar-refractivity contribution < 1.29 is 14.7 Å². The molecule has 0 spiro atoms. The van der Waals surface area contributed by atoms with Gasteiger partial charge in [-0.05, 0) is 44.4 Å². The fraction of sp³-hybridized carbons (Fsp3) is 0.733. The molecule has 0 radical (unpaired) electrons. The Kier molecular flexibility index (Phi) is 4.61. The number of hydrogen-bond donors (Lipinski definition) is 1. The Morgan fingerprint density at radius 2 is 2.16 bits per heavy atom. The largest absolute Gasteiger partial charge is 0.480 e. The Hall–Kier alpha value is -1.32. The molecule has 4 nitrogen and oxygen atoms in total. The van der Waals surface area contributed by atoms with E-state index in [1.54, 1.807) is 4.90 Å². The highest BCUT2D eigenvalue weighted by Gasteiger charge is 2.36. The lowest BCUT2D eigenvalue weighted by Gasteiger charge is -2.37. The zero-order valence-corrected chi connectivity index (χ0v) is 11.6. The van der Waals surface area contributed by atoms with Gasteiger partial charge in [0.05, 0.1) is 0 Å². The van der Waals surface area contributed by atoms with Crippen LogP contribution in [0.3, 0.4) is 0 Å². The van der Waals surface area contributed by atoms with E-state index < -0.39 is 12.0 Å². The molecular formula is C15H23NO3. The zero-order valence-electron chi connectivity index (χ0n) is 11.6. The average Bonchev–Trinajstić information content (AvgIpc) is 2.39. The van der Waals surface area contributed by atoms with Crippen LogP contribution in [0.25, 0.3) is 0 Å². The van der Waals surface area contributed by atoms with Crippen molar-refractivity contribution in [1.82, 2.24) is 4.90 Å². The number of carboxylic acid groups (broad SMARTS) is 1. The van der Waals surface area contributed by atoms with Crippen molar-refractivity contribution >= 4 is 11.9 Å². The van der Waals surface area contributed by atoms with Gasteiger partial charge in [0.25, 0.3) is 0 Å². The van der Waals surface area contributed by atoms with Gasteiger partial charge in [0.15, 0.2) is 0 Å². The number of aliphatic carboxylic acids is 1. The summed E-state index contributed by atoms with van der Waals surface area (Å²) in [4.78, 5) is 25.3. The summed E-state index contributed by atoms with van der Waals surface area (Å²) in [6.07, 6.45) is 8.78. The van der Waals surface area contributed by atoms with Gasteiger partial charge in [0.1, 0.15) is 6.04 Å². The first kappa shape index (κ1) is 14.1. The molecule has 1 heterocycles. The molecule has 2 rings (SSSR count). The number of carboxylic acids is 1. The second kappa shape index (κ2) is 6.22. The summed E-state index contributed by atoms with van der Waals surface area (Å²) in [7, 11) is 0. The number of allylic oxidation sites excluding steroid dienone is 1. The maximum Gasteiger partial charge on any atom is 0.326 e. The average molecular weight is 265 g/mol. The van der Waals surface area contributed by atoms with E-state index in [0.29, 0.717) is 13.0 Å². The third-order valence-electron chi connectivity index (χ3n) is 4.27. The van der Waals surface area contributed by atoms with E-state index in [2.05, 4.69) is 6.08 Å². The monoisotopic (exact) mass is 265 g/mol. The van der Waals surface area contributed by atoms with Crippen LogP contribution in [-0.4, -0.2) is 34.5 Å². The molecule has 0 aromatic heterocycles. The standard InChI is InChI=1S/C15H23NO3/c1-11-6-5-9-16(14(11)15(18)19)13(17)10-12-7-3-2-4-8-12/h7,11,14H,2-6,8-10H2,1H3,(H,18,19). The molecule has 1 aliphatic carbocycles. The number of carbonyl (C=O) groups excluding carboxylic acids is 1. The number of rotatable bonds is 3. The molecule has 1 saturated heterocycles. The lowest BCUT2D eigenvalue weighted by molar-refractivity contribution is -0.154. The van der Waals surface area contributed by atoms with E-state index >= 15 is 0 Å². The highest BCUT2D eigenvalue weighted by atomic mass is 16.4. The molecule has 1 amide bonds. The minimum atomic E-state index is -0.863. The molecule has 1 N–H and O–H groups in total. The zero-order chi connectivity index (χ0) is 13.8. The third-order valence-corrected chi connectivity index (χ3v) is 4.27. The Bertz CT molecular complexity index is 389. The highest BCUT2D eigenvalue weighted by Crippen LogP contribution is 2.26. The number of likely N-dealkylation sites (tertiary alicyclic amines) is 1. The second-order valence-corrected chi connectivity index (χ2v) is 5.77. The van der Waals surface area contributed by atoms with Crippen LogP contribution >= 0.6 is 0 Å². The number of carbonyl (C=O) groups is 2. The minimum absolute atomic E-state index is 0.00731. The van der Waals surface area contributed by atoms with Crippen molar-refractivity contribution in [2.75, 3.05) is 6.54 Å². The van der Waals surface area contributed by atoms with Crippen LogP contribution in [0.15, 0.2) is 11.6 Å². The molecule has 2 atom stereocenters. The number of hydrogen-bond acceptors (Lipinski definition) is 2. The molecule has 1 aliphatic heterocycles. The molecule has 2 aliphatic rings. The Labute approximate surface area is 114 Å². The topological polar surface area (TPSA) is 57.6 Å². The molecule has 4 heteroatoms. The van der Waals surface area contributed by atoms with Crippen molar-refractivity contribution in [2.45, 2.75) is 57.9 Å². The van der Waals surface area contributed by atoms with E-state index in [4.69, 9.17) is 0 Å². The fourth-order valence-electron chi connectivity index (χ4n) is 3.21. The Balaban J connectivity index is 2.03. The van der Waals surface area contributed by atoms with Gasteiger partial charge in [-0.2, -0.15) is 0 Å². The van der Waals surface area contributed by atoms with Crippen molar-refractivity contribution in [2.24, 2.45) is 5.92 Å². The van der Waals surface area contributed by atoms with Crippen LogP contribution in [0.5, 0.6) is 0 Å². The van der Waals surface area contributed by atoms with Crippen LogP contribution in [-0.2, 0) is 9.59 Å². The SMILES string of the molecule is CC1CCCN(C(=O)CC2=CCCCC2)C1C(=O)O. The molecule has 19 heavy (non-hydrogen) atoms. The predicted octanol–water partition coefficient (Wildman–Crippen LogP) is 2.59. The van der Waals surface area contributed by atoms with Crippen molar-refractivity contribution in [3.63, 3.8) is 0 Å². The lowest BCUT2D eigenvalue weighted by Crippen LogP contribution is -2.52. The van der Waals surface area contributed by atoms with Crippen LogP contribution in [0.4, 0.5) is 0 Å². The van der Waals surface area contributed by atoms with Crippen LogP contribution in [0.1, 0.15) is 51.9 Å². The van der Waals surface area contributed by atoms with Crippen LogP contribution < -0.4 is 0 Å². The summed E-state index contributed by atoms with van der Waals surface area (Å²) in [6.45, 7) is 2.52. The summed E-state index contributed by atoms with van der Waals surface area (Å²) >= 11 is 0. The van der Waals surface area contributed by atoms with Crippen molar-refractivity contribution in [3.05, 3.63) is 11.6 Å². The van der Waals surface area contributed by atoms with Gasteiger partial charge < -0.3 is 10.0 Å². The van der Waals surface area contributed by atoms with Gasteiger partial charge in [-0.1, -0.05) is 18.6 Å². The molecule has 106 valence electrons. The van der Waals surface area contributed by atoms with E-state index in [-0.39, 0.29) is 11.8 Å². The first-order chi connectivity index (χ1) is 9.09. The first-order valence-electron chi connectivity index (χ1n) is 7.30. The van der Waals surface area contributed by atoms with Crippen LogP contribution in [0.2, 0.25) is 0 Å². The van der Waals surface area contributed by atoms with Crippen molar-refractivity contribution in [3.8, 4) is 0 Å². The lowest BCUT2D eigenvalue weighted by atomic mass is 9.89. The third kappa shape index (κ3) is 3.37. The first-order valence-corrected chi connectivity index (χ1v) is 7.30. The van der Waals surface area contributed by atoms with Gasteiger partial charge in [0, 0.05) is 13.0 Å². The molecule has 0 bridgehead atoms. The van der Waals surface area contributed by atoms with Crippen LogP contribution in [0, 0.1) is 5.92 Å². The molecular weight excluding hydrogens is 242 g/mol. The summed E-state index contributed by atoms with van der Waals surface area (Å²) in [6, 6.07) is -0.634. The Morgan fingerprint density at radius 3 is 2.79 bits per heavy atom. The predicted molar refractivity (Wildman–Crippen MR) is 72.7 cm³/mol. The molecule has 0 aromatic carbocycles. The summed E-state index contributed by atoms with van der Waals surface area (Å²) in [5.41, 5.74) is 1.19. The normalized spacial score (nSPS) is 27.8. The van der Waals surface area contributed by atoms with Gasteiger partial charge in [0.2, 0.25) is 5.91 Å². The summed E-state index contributed by atoms with van der Waals surface area (Å²) in [5.74, 6) is -0.819. The van der Waals surface area contributed by atoms with Gasteiger partial charge in [-0.3, -0.25) is 4.79 Å². The van der Waals surface area contributed by atoms with E-state index in [1.807, 2.05) is 6.92 Å². The van der Waals surface area contributed by atoms with Gasteiger partial charge >= 0.3 is 5.97 Å². The van der Waals surface area contributed by atoms with Gasteiger partial charge in [-0.15, -0.1) is 0 Å². The smallest absolute Gasteiger partial charge is 0.326 e. The maximum absolute atomic E-state index is 12.3. The number of nitrogens with zero attached hydrogens (tertiary/aromatic N) is 1. The number of amides is 1. The number of piperidine rings is 1. The van der Waals surface area contributed by atoms with Crippen molar-refractivity contribution in [1.29, 1.82) is 0 Å². The molecule has 0 aromatic rings. The molecule has 1 fully saturated rings. The Morgan fingerprint density at radius 1 is 1.37 bits per heavy atom. The maximum atomic E-state index is 12.3. The van der Waals surface area contributed by atoms with E-state index in [0.717, 1.165) is 32.1 Å². The van der Waals surface area contributed by atoms with Gasteiger partial charge in [-0.25, -0.2) is 4.79 Å². The second-order valence-electron chi connectivity index (χ2n) is 5.77. The fourth-order valence-corrected chi connectivity index (χ4v) is 3.21. The quantitative estimate of drug-likeness (QED) is 0.798. The highest BCUT2D eigenvalue weighted by molar-refractivity contribution is 5.85. The van der Waals surface area contributed by atoms with E-state index in [9.17, 15) is 14.7 Å². The summed E-state index contributed by atoms with van der Waals surface area (Å²) in [5, 5.41) is 9.33. The van der Waals surface area contributed by atoms with E-state index in [1.165, 1.54) is 12.0 Å².